The van der Waals surface area contributed by atoms with Crippen molar-refractivity contribution in [3.8, 4) is 0 Å². The van der Waals surface area contributed by atoms with Crippen LogP contribution in [0.15, 0.2) is 0 Å². The molecule has 1 unspecified atom stereocenters. The van der Waals surface area contributed by atoms with Crippen molar-refractivity contribution in [2.45, 2.75) is 12.5 Å². The predicted molar refractivity (Wildman–Crippen MR) is 64.8 cm³/mol. The summed E-state index contributed by atoms with van der Waals surface area (Å²) in [6.45, 7) is 2.39. The molecule has 2 heterocycles. The van der Waals surface area contributed by atoms with Gasteiger partial charge in [-0.2, -0.15) is 0 Å². The molecule has 0 aromatic rings. The first-order chi connectivity index (χ1) is 8.27. The first-order valence-corrected chi connectivity index (χ1v) is 6.93. The molecule has 0 spiro atoms. The molecule has 0 radical (unpaired) electrons. The Kier molecular flexibility index (Phi) is 4.49. The van der Waals surface area contributed by atoms with Crippen molar-refractivity contribution >= 4 is 23.8 Å². The fourth-order valence-electron chi connectivity index (χ4n) is 1.80. The SMILES string of the molecule is O=C(NCCCN1CCOC1=O)C1CSCN1. The van der Waals surface area contributed by atoms with Gasteiger partial charge in [-0.15, -0.1) is 11.8 Å². The standard InChI is InChI=1S/C10H17N3O3S/c14-9(8-6-17-7-12-8)11-2-1-3-13-4-5-16-10(13)15/h8,12H,1-7H2,(H,11,14). The van der Waals surface area contributed by atoms with Gasteiger partial charge < -0.3 is 15.0 Å². The highest BCUT2D eigenvalue weighted by atomic mass is 32.2. The van der Waals surface area contributed by atoms with E-state index < -0.39 is 0 Å². The third-order valence-electron chi connectivity index (χ3n) is 2.78. The van der Waals surface area contributed by atoms with Crippen LogP contribution in [-0.4, -0.2) is 60.8 Å². The van der Waals surface area contributed by atoms with E-state index in [1.54, 1.807) is 16.7 Å². The van der Waals surface area contributed by atoms with Crippen LogP contribution in [0.3, 0.4) is 0 Å². The first-order valence-electron chi connectivity index (χ1n) is 5.78. The van der Waals surface area contributed by atoms with Crippen LogP contribution in [0.4, 0.5) is 4.79 Å². The number of ether oxygens (including phenoxy) is 1. The minimum Gasteiger partial charge on any atom is -0.448 e. The molecule has 6 nitrogen and oxygen atoms in total. The Morgan fingerprint density at radius 1 is 1.65 bits per heavy atom. The van der Waals surface area contributed by atoms with Crippen LogP contribution >= 0.6 is 11.8 Å². The zero-order valence-electron chi connectivity index (χ0n) is 9.61. The summed E-state index contributed by atoms with van der Waals surface area (Å²) in [5.41, 5.74) is 0. The topological polar surface area (TPSA) is 70.7 Å². The number of hydrogen-bond donors (Lipinski definition) is 2. The molecule has 0 aromatic carbocycles. The average molecular weight is 259 g/mol. The summed E-state index contributed by atoms with van der Waals surface area (Å²) in [6, 6.07) is -0.0586. The van der Waals surface area contributed by atoms with Gasteiger partial charge in [-0.25, -0.2) is 4.79 Å². The number of carbonyl (C=O) groups is 2. The number of carbonyl (C=O) groups excluding carboxylic acids is 2. The largest absolute Gasteiger partial charge is 0.448 e. The molecular formula is C10H17N3O3S. The quantitative estimate of drug-likeness (QED) is 0.658. The molecule has 96 valence electrons. The third-order valence-corrected chi connectivity index (χ3v) is 3.72. The van der Waals surface area contributed by atoms with Crippen molar-refractivity contribution in [1.29, 1.82) is 0 Å². The van der Waals surface area contributed by atoms with Crippen LogP contribution in [0.25, 0.3) is 0 Å². The highest BCUT2D eigenvalue weighted by Gasteiger charge is 2.23. The smallest absolute Gasteiger partial charge is 0.409 e. The summed E-state index contributed by atoms with van der Waals surface area (Å²) in [5, 5.41) is 5.98. The predicted octanol–water partition coefficient (Wildman–Crippen LogP) is -0.393. The van der Waals surface area contributed by atoms with Gasteiger partial charge in [0.15, 0.2) is 0 Å². The summed E-state index contributed by atoms with van der Waals surface area (Å²) >= 11 is 1.73. The number of hydrogen-bond acceptors (Lipinski definition) is 5. The Bertz CT molecular complexity index is 295. The van der Waals surface area contributed by atoms with Crippen molar-refractivity contribution in [3.63, 3.8) is 0 Å². The lowest BCUT2D eigenvalue weighted by molar-refractivity contribution is -0.122. The Morgan fingerprint density at radius 2 is 2.53 bits per heavy atom. The van der Waals surface area contributed by atoms with Crippen molar-refractivity contribution in [3.05, 3.63) is 0 Å². The lowest BCUT2D eigenvalue weighted by atomic mass is 10.3. The molecule has 7 heteroatoms. The summed E-state index contributed by atoms with van der Waals surface area (Å²) < 4.78 is 4.81. The normalized spacial score (nSPS) is 23.9. The molecule has 2 N–H and O–H groups in total. The number of cyclic esters (lactones) is 1. The fraction of sp³-hybridized carbons (Fsp3) is 0.800. The number of rotatable bonds is 5. The van der Waals surface area contributed by atoms with E-state index in [4.69, 9.17) is 4.74 Å². The molecule has 0 bridgehead atoms. The van der Waals surface area contributed by atoms with E-state index in [1.165, 1.54) is 0 Å². The molecular weight excluding hydrogens is 242 g/mol. The van der Waals surface area contributed by atoms with Crippen LogP contribution in [0.5, 0.6) is 0 Å². The van der Waals surface area contributed by atoms with Crippen LogP contribution in [0, 0.1) is 0 Å². The maximum absolute atomic E-state index is 11.6. The minimum absolute atomic E-state index is 0.0546. The lowest BCUT2D eigenvalue weighted by Gasteiger charge is -2.13. The fourth-order valence-corrected chi connectivity index (χ4v) is 2.74. The molecule has 1 atom stereocenters. The van der Waals surface area contributed by atoms with E-state index >= 15 is 0 Å². The minimum atomic E-state index is -0.245. The Hall–Kier alpha value is -0.950. The number of nitrogens with zero attached hydrogens (tertiary/aromatic N) is 1. The van der Waals surface area contributed by atoms with E-state index in [-0.39, 0.29) is 18.0 Å². The molecule has 0 aliphatic carbocycles. The van der Waals surface area contributed by atoms with Gasteiger partial charge in [0.25, 0.3) is 0 Å². The highest BCUT2D eigenvalue weighted by molar-refractivity contribution is 7.99. The van der Waals surface area contributed by atoms with E-state index in [1.807, 2.05) is 0 Å². The Morgan fingerprint density at radius 3 is 3.18 bits per heavy atom. The Labute approximate surface area is 104 Å². The zero-order valence-corrected chi connectivity index (χ0v) is 10.4. The highest BCUT2D eigenvalue weighted by Crippen LogP contribution is 2.09. The van der Waals surface area contributed by atoms with E-state index in [0.29, 0.717) is 26.2 Å². The maximum atomic E-state index is 11.6. The van der Waals surface area contributed by atoms with Crippen molar-refractivity contribution in [1.82, 2.24) is 15.5 Å². The van der Waals surface area contributed by atoms with Crippen LogP contribution in [-0.2, 0) is 9.53 Å². The second-order valence-electron chi connectivity index (χ2n) is 4.02. The van der Waals surface area contributed by atoms with Gasteiger partial charge >= 0.3 is 6.09 Å². The van der Waals surface area contributed by atoms with Gasteiger partial charge in [0.05, 0.1) is 12.6 Å². The van der Waals surface area contributed by atoms with Gasteiger partial charge in [-0.1, -0.05) is 0 Å². The number of thioether (sulfide) groups is 1. The first kappa shape index (κ1) is 12.5. The molecule has 2 aliphatic rings. The molecule has 2 fully saturated rings. The van der Waals surface area contributed by atoms with Crippen molar-refractivity contribution in [2.24, 2.45) is 0 Å². The third kappa shape index (κ3) is 3.50. The van der Waals surface area contributed by atoms with E-state index in [9.17, 15) is 9.59 Å². The van der Waals surface area contributed by atoms with E-state index in [0.717, 1.165) is 18.1 Å². The summed E-state index contributed by atoms with van der Waals surface area (Å²) in [4.78, 5) is 24.4. The second kappa shape index (κ2) is 6.11. The Balaban J connectivity index is 1.56. The van der Waals surface area contributed by atoms with Gasteiger partial charge in [0, 0.05) is 24.7 Å². The number of nitrogens with one attached hydrogen (secondary N) is 2. The van der Waals surface area contributed by atoms with Crippen molar-refractivity contribution < 1.29 is 14.3 Å². The maximum Gasteiger partial charge on any atom is 0.409 e. The molecule has 2 aliphatic heterocycles. The molecule has 0 saturated carbocycles. The lowest BCUT2D eigenvalue weighted by Crippen LogP contribution is -2.42. The van der Waals surface area contributed by atoms with E-state index in [2.05, 4.69) is 10.6 Å². The monoisotopic (exact) mass is 259 g/mol. The summed E-state index contributed by atoms with van der Waals surface area (Å²) in [7, 11) is 0. The van der Waals surface area contributed by atoms with Crippen LogP contribution in [0.1, 0.15) is 6.42 Å². The van der Waals surface area contributed by atoms with Crippen LogP contribution < -0.4 is 10.6 Å². The number of amides is 2. The van der Waals surface area contributed by atoms with Gasteiger partial charge in [-0.05, 0) is 6.42 Å². The van der Waals surface area contributed by atoms with Crippen LogP contribution in [0.2, 0.25) is 0 Å². The molecule has 17 heavy (non-hydrogen) atoms. The van der Waals surface area contributed by atoms with Gasteiger partial charge in [0.2, 0.25) is 5.91 Å². The molecule has 2 rings (SSSR count). The molecule has 0 aromatic heterocycles. The van der Waals surface area contributed by atoms with Gasteiger partial charge in [-0.3, -0.25) is 10.1 Å². The summed E-state index contributed by atoms with van der Waals surface area (Å²) in [6.07, 6.45) is 0.519. The van der Waals surface area contributed by atoms with Crippen molar-refractivity contribution in [2.75, 3.05) is 37.9 Å². The second-order valence-corrected chi connectivity index (χ2v) is 5.05. The summed E-state index contributed by atoms with van der Waals surface area (Å²) in [5.74, 6) is 1.74. The molecule has 2 saturated heterocycles. The van der Waals surface area contributed by atoms with Gasteiger partial charge in [0.1, 0.15) is 6.61 Å². The average Bonchev–Trinajstić information content (AvgIpc) is 2.96. The zero-order chi connectivity index (χ0) is 12.1. The molecule has 2 amide bonds.